The molecule has 33 heavy (non-hydrogen) atoms. The van der Waals surface area contributed by atoms with Crippen LogP contribution < -0.4 is 9.64 Å². The van der Waals surface area contributed by atoms with Gasteiger partial charge in [0.15, 0.2) is 0 Å². The lowest BCUT2D eigenvalue weighted by Gasteiger charge is -2.36. The molecule has 0 saturated carbocycles. The minimum Gasteiger partial charge on any atom is -0.497 e. The largest absolute Gasteiger partial charge is 0.497 e. The van der Waals surface area contributed by atoms with Crippen LogP contribution in [0.5, 0.6) is 5.75 Å². The van der Waals surface area contributed by atoms with Crippen LogP contribution in [0, 0.1) is 0 Å². The van der Waals surface area contributed by atoms with Crippen LogP contribution in [0.2, 0.25) is 0 Å². The van der Waals surface area contributed by atoms with Crippen LogP contribution in [-0.4, -0.2) is 53.9 Å². The Labute approximate surface area is 197 Å². The average molecular weight is 459 g/mol. The van der Waals surface area contributed by atoms with E-state index >= 15 is 0 Å². The van der Waals surface area contributed by atoms with Gasteiger partial charge in [-0.05, 0) is 41.3 Å². The lowest BCUT2D eigenvalue weighted by molar-refractivity contribution is 0.0747. The number of carbonyl (C=O) groups excluding carboxylic acids is 1. The third-order valence-corrected chi connectivity index (χ3v) is 6.82. The molecule has 0 bridgehead atoms. The molecule has 1 aliphatic rings. The van der Waals surface area contributed by atoms with E-state index in [1.807, 2.05) is 63.6 Å². The number of ether oxygens (including phenoxy) is 1. The summed E-state index contributed by atoms with van der Waals surface area (Å²) in [6.45, 7) is 3.59. The van der Waals surface area contributed by atoms with Crippen LogP contribution in [-0.2, 0) is 6.54 Å². The number of hydrogen-bond donors (Lipinski definition) is 0. The van der Waals surface area contributed by atoms with Gasteiger partial charge in [0.25, 0.3) is 5.91 Å². The second-order valence-corrected chi connectivity index (χ2v) is 8.98. The predicted molar refractivity (Wildman–Crippen MR) is 132 cm³/mol. The van der Waals surface area contributed by atoms with Crippen LogP contribution in [0.15, 0.2) is 78.3 Å². The van der Waals surface area contributed by atoms with Crippen molar-refractivity contribution in [3.8, 4) is 16.3 Å². The molecule has 3 heterocycles. The van der Waals surface area contributed by atoms with E-state index < -0.39 is 0 Å². The molecule has 168 valence electrons. The van der Waals surface area contributed by atoms with Gasteiger partial charge >= 0.3 is 0 Å². The van der Waals surface area contributed by atoms with Crippen LogP contribution in [0.25, 0.3) is 10.6 Å². The van der Waals surface area contributed by atoms with E-state index in [0.29, 0.717) is 25.2 Å². The van der Waals surface area contributed by atoms with Crippen molar-refractivity contribution in [3.05, 3.63) is 89.4 Å². The number of amides is 1. The molecule has 2 aromatic heterocycles. The molecular formula is C26H26N4O2S. The number of nitrogens with zero attached hydrogens (tertiary/aromatic N) is 4. The Hall–Kier alpha value is -3.58. The number of methoxy groups -OCH3 is 1. The van der Waals surface area contributed by atoms with Crippen molar-refractivity contribution in [2.24, 2.45) is 0 Å². The van der Waals surface area contributed by atoms with Gasteiger partial charge in [-0.25, -0.2) is 0 Å². The Morgan fingerprint density at radius 2 is 1.73 bits per heavy atom. The van der Waals surface area contributed by atoms with Gasteiger partial charge in [0, 0.05) is 38.1 Å². The van der Waals surface area contributed by atoms with Crippen LogP contribution in [0.4, 0.5) is 5.69 Å². The summed E-state index contributed by atoms with van der Waals surface area (Å²) in [6.07, 6.45) is 1.90. The third-order valence-electron chi connectivity index (χ3n) is 5.94. The van der Waals surface area contributed by atoms with Crippen LogP contribution in [0.1, 0.15) is 15.9 Å². The number of benzene rings is 2. The van der Waals surface area contributed by atoms with Gasteiger partial charge in [0.05, 0.1) is 24.1 Å². The number of anilines is 1. The lowest BCUT2D eigenvalue weighted by Crippen LogP contribution is -2.48. The smallest absolute Gasteiger partial charge is 0.257 e. The highest BCUT2D eigenvalue weighted by Gasteiger charge is 2.27. The molecule has 0 aliphatic carbocycles. The Balaban J connectivity index is 1.33. The molecule has 0 radical (unpaired) electrons. The summed E-state index contributed by atoms with van der Waals surface area (Å²) in [6, 6.07) is 22.3. The van der Waals surface area contributed by atoms with E-state index in [-0.39, 0.29) is 5.91 Å². The number of thiophene rings is 1. The predicted octanol–water partition coefficient (Wildman–Crippen LogP) is 4.63. The fraction of sp³-hybridized carbons (Fsp3) is 0.231. The molecule has 0 spiro atoms. The molecule has 1 fully saturated rings. The molecule has 1 aliphatic heterocycles. The summed E-state index contributed by atoms with van der Waals surface area (Å²) in [5, 5.41) is 6.82. The third kappa shape index (κ3) is 4.64. The number of aromatic nitrogens is 2. The first-order valence-electron chi connectivity index (χ1n) is 11.0. The Bertz CT molecular complexity index is 1200. The van der Waals surface area contributed by atoms with Crippen molar-refractivity contribution in [1.29, 1.82) is 0 Å². The quantitative estimate of drug-likeness (QED) is 0.423. The zero-order valence-electron chi connectivity index (χ0n) is 18.6. The van der Waals surface area contributed by atoms with Crippen molar-refractivity contribution in [3.63, 3.8) is 0 Å². The summed E-state index contributed by atoms with van der Waals surface area (Å²) in [5.74, 6) is 0.897. The minimum absolute atomic E-state index is 0.0482. The normalized spacial score (nSPS) is 13.8. The van der Waals surface area contributed by atoms with E-state index in [1.54, 1.807) is 18.4 Å². The topological polar surface area (TPSA) is 50.6 Å². The Kier molecular flexibility index (Phi) is 6.13. The van der Waals surface area contributed by atoms with E-state index in [0.717, 1.165) is 40.7 Å². The Morgan fingerprint density at radius 3 is 2.39 bits per heavy atom. The molecule has 0 atom stereocenters. The average Bonchev–Trinajstić information content (AvgIpc) is 3.55. The molecule has 6 nitrogen and oxygen atoms in total. The molecular weight excluding hydrogens is 432 g/mol. The zero-order chi connectivity index (χ0) is 22.6. The van der Waals surface area contributed by atoms with E-state index in [4.69, 9.17) is 9.84 Å². The van der Waals surface area contributed by atoms with E-state index in [1.165, 1.54) is 0 Å². The van der Waals surface area contributed by atoms with Crippen molar-refractivity contribution >= 4 is 22.9 Å². The van der Waals surface area contributed by atoms with Gasteiger partial charge in [-0.15, -0.1) is 11.3 Å². The fourth-order valence-electron chi connectivity index (χ4n) is 4.16. The summed E-state index contributed by atoms with van der Waals surface area (Å²) in [5.41, 5.74) is 3.75. The fourth-order valence-corrected chi connectivity index (χ4v) is 4.88. The summed E-state index contributed by atoms with van der Waals surface area (Å²) in [7, 11) is 1.67. The van der Waals surface area contributed by atoms with Crippen molar-refractivity contribution in [2.75, 3.05) is 38.2 Å². The second-order valence-electron chi connectivity index (χ2n) is 8.03. The van der Waals surface area contributed by atoms with Gasteiger partial charge < -0.3 is 14.5 Å². The van der Waals surface area contributed by atoms with Crippen molar-refractivity contribution in [2.45, 2.75) is 6.54 Å². The minimum atomic E-state index is 0.0482. The first-order valence-corrected chi connectivity index (χ1v) is 11.9. The van der Waals surface area contributed by atoms with Gasteiger partial charge in [-0.3, -0.25) is 9.48 Å². The Morgan fingerprint density at radius 1 is 0.970 bits per heavy atom. The highest BCUT2D eigenvalue weighted by atomic mass is 32.1. The van der Waals surface area contributed by atoms with Crippen LogP contribution >= 0.6 is 11.3 Å². The lowest BCUT2D eigenvalue weighted by atomic mass is 10.1. The van der Waals surface area contributed by atoms with Gasteiger partial charge in [0.1, 0.15) is 11.4 Å². The molecule has 2 aromatic carbocycles. The van der Waals surface area contributed by atoms with Crippen molar-refractivity contribution in [1.82, 2.24) is 14.7 Å². The number of hydrogen-bond acceptors (Lipinski definition) is 5. The summed E-state index contributed by atoms with van der Waals surface area (Å²) in [4.78, 5) is 18.8. The van der Waals surface area contributed by atoms with E-state index in [9.17, 15) is 4.79 Å². The molecule has 4 aromatic rings. The van der Waals surface area contributed by atoms with E-state index in [2.05, 4.69) is 29.2 Å². The van der Waals surface area contributed by atoms with Crippen molar-refractivity contribution < 1.29 is 9.53 Å². The molecule has 1 amide bonds. The van der Waals surface area contributed by atoms with Crippen LogP contribution in [0.3, 0.4) is 0 Å². The summed E-state index contributed by atoms with van der Waals surface area (Å²) >= 11 is 1.61. The first kappa shape index (κ1) is 21.3. The van der Waals surface area contributed by atoms with Gasteiger partial charge in [0.2, 0.25) is 0 Å². The van der Waals surface area contributed by atoms with Gasteiger partial charge in [-0.2, -0.15) is 5.10 Å². The zero-order valence-corrected chi connectivity index (χ0v) is 19.4. The molecule has 0 unspecified atom stereocenters. The summed E-state index contributed by atoms with van der Waals surface area (Å²) < 4.78 is 7.14. The molecule has 0 N–H and O–H groups in total. The SMILES string of the molecule is COc1ccc(N2CCN(C(=O)c3cn(Cc4ccccc4)nc3-c3cccs3)CC2)cc1. The van der Waals surface area contributed by atoms with Gasteiger partial charge in [-0.1, -0.05) is 36.4 Å². The molecule has 5 rings (SSSR count). The standard InChI is InChI=1S/C26H26N4O2S/c1-32-22-11-9-21(10-12-22)28-13-15-29(16-14-28)26(31)23-19-30(18-20-6-3-2-4-7-20)27-25(23)24-8-5-17-33-24/h2-12,17,19H,13-16,18H2,1H3. The number of piperazine rings is 1. The highest BCUT2D eigenvalue weighted by molar-refractivity contribution is 7.13. The maximum atomic E-state index is 13.6. The highest BCUT2D eigenvalue weighted by Crippen LogP contribution is 2.28. The first-order chi connectivity index (χ1) is 16.2. The maximum Gasteiger partial charge on any atom is 0.257 e. The molecule has 7 heteroatoms. The maximum absolute atomic E-state index is 13.6. The second kappa shape index (κ2) is 9.50. The number of rotatable bonds is 6. The molecule has 1 saturated heterocycles. The monoisotopic (exact) mass is 458 g/mol. The number of carbonyl (C=O) groups is 1.